The summed E-state index contributed by atoms with van der Waals surface area (Å²) in [6.07, 6.45) is 2.13. The van der Waals surface area contributed by atoms with E-state index in [1.165, 1.54) is 0 Å². The predicted molar refractivity (Wildman–Crippen MR) is 76.1 cm³/mol. The molecule has 2 aliphatic heterocycles. The predicted octanol–water partition coefficient (Wildman–Crippen LogP) is 0.550. The maximum atomic E-state index is 12.2. The van der Waals surface area contributed by atoms with Crippen molar-refractivity contribution >= 4 is 11.8 Å². The van der Waals surface area contributed by atoms with Crippen molar-refractivity contribution in [2.75, 3.05) is 32.7 Å². The Balaban J connectivity index is 1.72. The van der Waals surface area contributed by atoms with Gasteiger partial charge in [-0.25, -0.2) is 0 Å². The average Bonchev–Trinajstić information content (AvgIpc) is 3.20. The van der Waals surface area contributed by atoms with E-state index in [-0.39, 0.29) is 11.4 Å². The minimum Gasteiger partial charge on any atom is -0.340 e. The van der Waals surface area contributed by atoms with Crippen LogP contribution >= 0.6 is 0 Å². The van der Waals surface area contributed by atoms with Crippen molar-refractivity contribution in [1.29, 1.82) is 0 Å². The van der Waals surface area contributed by atoms with Gasteiger partial charge in [0, 0.05) is 57.1 Å². The third-order valence-corrected chi connectivity index (χ3v) is 4.95. The second-order valence-corrected chi connectivity index (χ2v) is 7.12. The number of hydrogen-bond donors (Lipinski definition) is 0. The molecule has 0 unspecified atom stereocenters. The first-order valence-electron chi connectivity index (χ1n) is 7.69. The highest BCUT2D eigenvalue weighted by Crippen LogP contribution is 2.33. The molecule has 5 nitrogen and oxygen atoms in total. The van der Waals surface area contributed by atoms with Crippen LogP contribution in [0.2, 0.25) is 0 Å². The number of amides is 2. The molecule has 0 bridgehead atoms. The summed E-state index contributed by atoms with van der Waals surface area (Å²) in [5.41, 5.74) is 0.00328. The Kier molecular flexibility index (Phi) is 3.27. The van der Waals surface area contributed by atoms with E-state index in [9.17, 15) is 9.59 Å². The molecule has 112 valence electrons. The van der Waals surface area contributed by atoms with Crippen molar-refractivity contribution in [3.05, 3.63) is 0 Å². The van der Waals surface area contributed by atoms with Gasteiger partial charge in [0.25, 0.3) is 0 Å². The van der Waals surface area contributed by atoms with Crippen LogP contribution in [0.25, 0.3) is 0 Å². The summed E-state index contributed by atoms with van der Waals surface area (Å²) >= 11 is 0. The number of rotatable bonds is 1. The molecule has 3 aliphatic rings. The van der Waals surface area contributed by atoms with E-state index in [4.69, 9.17) is 0 Å². The lowest BCUT2D eigenvalue weighted by Crippen LogP contribution is -2.70. The summed E-state index contributed by atoms with van der Waals surface area (Å²) in [4.78, 5) is 30.4. The molecule has 1 atom stereocenters. The minimum absolute atomic E-state index is 0.00328. The molecule has 3 rings (SSSR count). The van der Waals surface area contributed by atoms with Crippen molar-refractivity contribution in [2.45, 2.75) is 45.2 Å². The van der Waals surface area contributed by atoms with Gasteiger partial charge >= 0.3 is 0 Å². The molecule has 0 aromatic rings. The fourth-order valence-electron chi connectivity index (χ4n) is 3.71. The van der Waals surface area contributed by atoms with Crippen LogP contribution in [0, 0.1) is 5.92 Å². The molecule has 5 heteroatoms. The van der Waals surface area contributed by atoms with E-state index in [2.05, 4.69) is 18.7 Å². The zero-order valence-electron chi connectivity index (χ0n) is 12.8. The lowest BCUT2D eigenvalue weighted by molar-refractivity contribution is -0.145. The number of hydrogen-bond acceptors (Lipinski definition) is 3. The monoisotopic (exact) mass is 279 g/mol. The Morgan fingerprint density at radius 3 is 2.30 bits per heavy atom. The lowest BCUT2D eigenvalue weighted by atomic mass is 9.92. The van der Waals surface area contributed by atoms with Gasteiger partial charge in [-0.05, 0) is 26.7 Å². The normalized spacial score (nSPS) is 30.1. The van der Waals surface area contributed by atoms with Gasteiger partial charge in [0.1, 0.15) is 0 Å². The van der Waals surface area contributed by atoms with Gasteiger partial charge in [-0.2, -0.15) is 0 Å². The van der Waals surface area contributed by atoms with Gasteiger partial charge in [-0.3, -0.25) is 14.5 Å². The van der Waals surface area contributed by atoms with Crippen LogP contribution in [0.3, 0.4) is 0 Å². The van der Waals surface area contributed by atoms with Crippen LogP contribution < -0.4 is 0 Å². The standard InChI is InChI=1S/C15H25N3O2/c1-11(19)17-9-13-8-16(14(20)12-4-5-12)6-7-18(13)15(2,3)10-17/h12-13H,4-10H2,1-3H3/t13-/m0/s1. The fourth-order valence-corrected chi connectivity index (χ4v) is 3.71. The SMILES string of the molecule is CC(=O)N1C[C@@H]2CN(C(=O)C3CC3)CCN2C(C)(C)C1. The smallest absolute Gasteiger partial charge is 0.225 e. The Bertz CT molecular complexity index is 431. The lowest BCUT2D eigenvalue weighted by Gasteiger charge is -2.55. The first-order valence-corrected chi connectivity index (χ1v) is 7.69. The Morgan fingerprint density at radius 2 is 1.70 bits per heavy atom. The van der Waals surface area contributed by atoms with Gasteiger partial charge < -0.3 is 9.80 Å². The molecule has 1 saturated carbocycles. The van der Waals surface area contributed by atoms with Crippen molar-refractivity contribution in [3.8, 4) is 0 Å². The van der Waals surface area contributed by atoms with E-state index >= 15 is 0 Å². The highest BCUT2D eigenvalue weighted by atomic mass is 16.2. The van der Waals surface area contributed by atoms with Crippen molar-refractivity contribution in [3.63, 3.8) is 0 Å². The number of nitrogens with zero attached hydrogens (tertiary/aromatic N) is 3. The van der Waals surface area contributed by atoms with Gasteiger partial charge in [-0.15, -0.1) is 0 Å². The first-order chi connectivity index (χ1) is 9.38. The topological polar surface area (TPSA) is 43.9 Å². The summed E-state index contributed by atoms with van der Waals surface area (Å²) in [5.74, 6) is 0.771. The molecule has 3 fully saturated rings. The molecular weight excluding hydrogens is 254 g/mol. The summed E-state index contributed by atoms with van der Waals surface area (Å²) < 4.78 is 0. The highest BCUT2D eigenvalue weighted by molar-refractivity contribution is 5.81. The maximum absolute atomic E-state index is 12.2. The van der Waals surface area contributed by atoms with Crippen LogP contribution in [-0.4, -0.2) is 70.8 Å². The third-order valence-electron chi connectivity index (χ3n) is 4.95. The Morgan fingerprint density at radius 1 is 1.05 bits per heavy atom. The molecule has 0 N–H and O–H groups in total. The third kappa shape index (κ3) is 2.43. The van der Waals surface area contributed by atoms with Crippen molar-refractivity contribution < 1.29 is 9.59 Å². The summed E-state index contributed by atoms with van der Waals surface area (Å²) in [5, 5.41) is 0. The number of carbonyl (C=O) groups is 2. The van der Waals surface area contributed by atoms with Gasteiger partial charge in [0.2, 0.25) is 11.8 Å². The van der Waals surface area contributed by atoms with Gasteiger partial charge in [0.15, 0.2) is 0 Å². The van der Waals surface area contributed by atoms with Crippen molar-refractivity contribution in [2.24, 2.45) is 5.92 Å². The molecule has 20 heavy (non-hydrogen) atoms. The highest BCUT2D eigenvalue weighted by Gasteiger charge is 2.45. The second-order valence-electron chi connectivity index (χ2n) is 7.12. The number of fused-ring (bicyclic) bond motifs is 1. The quantitative estimate of drug-likeness (QED) is 0.704. The maximum Gasteiger partial charge on any atom is 0.225 e. The fraction of sp³-hybridized carbons (Fsp3) is 0.867. The molecule has 0 aromatic heterocycles. The van der Waals surface area contributed by atoms with Crippen LogP contribution in [0.5, 0.6) is 0 Å². The van der Waals surface area contributed by atoms with Crippen LogP contribution in [0.15, 0.2) is 0 Å². The number of carbonyl (C=O) groups excluding carboxylic acids is 2. The van der Waals surface area contributed by atoms with Crippen LogP contribution in [-0.2, 0) is 9.59 Å². The molecule has 0 spiro atoms. The molecule has 2 amide bonds. The summed E-state index contributed by atoms with van der Waals surface area (Å²) in [6, 6.07) is 0.291. The van der Waals surface area contributed by atoms with E-state index < -0.39 is 0 Å². The van der Waals surface area contributed by atoms with Crippen LogP contribution in [0.1, 0.15) is 33.6 Å². The van der Waals surface area contributed by atoms with Gasteiger partial charge in [0.05, 0.1) is 0 Å². The Hall–Kier alpha value is -1.10. The van der Waals surface area contributed by atoms with E-state index in [0.717, 1.165) is 45.6 Å². The van der Waals surface area contributed by atoms with E-state index in [1.807, 2.05) is 9.80 Å². The summed E-state index contributed by atoms with van der Waals surface area (Å²) in [7, 11) is 0. The van der Waals surface area contributed by atoms with E-state index in [1.54, 1.807) is 6.92 Å². The summed E-state index contributed by atoms with van der Waals surface area (Å²) in [6.45, 7) is 10.1. The molecular formula is C15H25N3O2. The first kappa shape index (κ1) is 13.9. The van der Waals surface area contributed by atoms with Gasteiger partial charge in [-0.1, -0.05) is 0 Å². The molecule has 2 saturated heterocycles. The largest absolute Gasteiger partial charge is 0.340 e. The number of piperazine rings is 2. The zero-order chi connectivity index (χ0) is 14.5. The average molecular weight is 279 g/mol. The molecule has 2 heterocycles. The molecule has 0 aromatic carbocycles. The molecule has 1 aliphatic carbocycles. The van der Waals surface area contributed by atoms with Crippen molar-refractivity contribution in [1.82, 2.24) is 14.7 Å². The second kappa shape index (κ2) is 4.72. The van der Waals surface area contributed by atoms with Crippen LogP contribution in [0.4, 0.5) is 0 Å². The Labute approximate surface area is 120 Å². The molecule has 0 radical (unpaired) electrons. The van der Waals surface area contributed by atoms with E-state index in [0.29, 0.717) is 17.9 Å². The zero-order valence-corrected chi connectivity index (χ0v) is 12.8. The minimum atomic E-state index is 0.00328.